The third kappa shape index (κ3) is 2.34. The van der Waals surface area contributed by atoms with E-state index in [9.17, 15) is 9.90 Å². The van der Waals surface area contributed by atoms with Crippen LogP contribution in [0.2, 0.25) is 0 Å². The third-order valence-corrected chi connectivity index (χ3v) is 4.09. The number of hydrogen-bond donors (Lipinski definition) is 3. The molecule has 0 bridgehead atoms. The Bertz CT molecular complexity index is 427. The molecule has 6 heteroatoms. The Hall–Kier alpha value is -0.720. The Balaban J connectivity index is 2.20. The summed E-state index contributed by atoms with van der Waals surface area (Å²) in [7, 11) is 0. The molecule has 0 aromatic heterocycles. The van der Waals surface area contributed by atoms with Gasteiger partial charge in [0.25, 0.3) is 0 Å². The van der Waals surface area contributed by atoms with Crippen LogP contribution in [-0.2, 0) is 4.79 Å². The van der Waals surface area contributed by atoms with Crippen molar-refractivity contribution in [2.45, 2.75) is 11.4 Å². The highest BCUT2D eigenvalue weighted by molar-refractivity contribution is 9.10. The molecule has 4 nitrogen and oxygen atoms in total. The Kier molecular flexibility index (Phi) is 3.41. The van der Waals surface area contributed by atoms with E-state index in [1.165, 1.54) is 11.8 Å². The van der Waals surface area contributed by atoms with Gasteiger partial charge >= 0.3 is 5.97 Å². The van der Waals surface area contributed by atoms with E-state index in [0.717, 1.165) is 4.47 Å². The molecule has 0 saturated carbocycles. The standard InChI is InChI=1S/C10H10BrNO3S/c11-5-1-2-8(13)6(3-5)9-12-7(4-16-9)10(14)15/h1-3,7,9,12-13H,4H2,(H,14,15)/t7-,9+/m0/s1. The Morgan fingerprint density at radius 3 is 2.94 bits per heavy atom. The van der Waals surface area contributed by atoms with Gasteiger partial charge in [-0.2, -0.15) is 0 Å². The fourth-order valence-corrected chi connectivity index (χ4v) is 3.16. The number of aromatic hydroxyl groups is 1. The van der Waals surface area contributed by atoms with E-state index in [4.69, 9.17) is 5.11 Å². The lowest BCUT2D eigenvalue weighted by molar-refractivity contribution is -0.138. The van der Waals surface area contributed by atoms with Gasteiger partial charge < -0.3 is 10.2 Å². The highest BCUT2D eigenvalue weighted by Gasteiger charge is 2.31. The van der Waals surface area contributed by atoms with Gasteiger partial charge in [0.1, 0.15) is 11.8 Å². The number of halogens is 1. The predicted octanol–water partition coefficient (Wildman–Crippen LogP) is 1.94. The molecular formula is C10H10BrNO3S. The molecule has 3 N–H and O–H groups in total. The molecule has 0 spiro atoms. The molecule has 1 aliphatic heterocycles. The summed E-state index contributed by atoms with van der Waals surface area (Å²) in [4.78, 5) is 10.8. The van der Waals surface area contributed by atoms with Gasteiger partial charge in [-0.05, 0) is 18.2 Å². The molecule has 0 amide bonds. The highest BCUT2D eigenvalue weighted by atomic mass is 79.9. The SMILES string of the molecule is O=C(O)[C@@H]1CS[C@H](c2cc(Br)ccc2O)N1. The van der Waals surface area contributed by atoms with Crippen LogP contribution in [-0.4, -0.2) is 28.0 Å². The molecule has 1 saturated heterocycles. The number of carbonyl (C=O) groups is 1. The van der Waals surface area contributed by atoms with Crippen molar-refractivity contribution in [3.63, 3.8) is 0 Å². The summed E-state index contributed by atoms with van der Waals surface area (Å²) in [6.07, 6.45) is 0. The first kappa shape index (κ1) is 11.8. The molecule has 2 atom stereocenters. The minimum atomic E-state index is -0.857. The summed E-state index contributed by atoms with van der Waals surface area (Å²) in [6.45, 7) is 0. The first-order chi connectivity index (χ1) is 7.58. The molecular weight excluding hydrogens is 294 g/mol. The van der Waals surface area contributed by atoms with Crippen molar-refractivity contribution in [2.75, 3.05) is 5.75 Å². The number of carboxylic acids is 1. The van der Waals surface area contributed by atoms with Gasteiger partial charge in [-0.15, -0.1) is 11.8 Å². The average Bonchev–Trinajstić information content (AvgIpc) is 2.70. The third-order valence-electron chi connectivity index (χ3n) is 2.35. The Morgan fingerprint density at radius 2 is 2.31 bits per heavy atom. The fourth-order valence-electron chi connectivity index (χ4n) is 1.53. The smallest absolute Gasteiger partial charge is 0.321 e. The summed E-state index contributed by atoms with van der Waals surface area (Å²) in [6, 6.07) is 4.58. The molecule has 16 heavy (non-hydrogen) atoms. The van der Waals surface area contributed by atoms with Gasteiger partial charge in [-0.3, -0.25) is 10.1 Å². The van der Waals surface area contributed by atoms with Gasteiger partial charge in [0, 0.05) is 15.8 Å². The second-order valence-corrected chi connectivity index (χ2v) is 5.53. The quantitative estimate of drug-likeness (QED) is 0.779. The predicted molar refractivity (Wildman–Crippen MR) is 65.6 cm³/mol. The van der Waals surface area contributed by atoms with Crippen LogP contribution in [0.3, 0.4) is 0 Å². The van der Waals surface area contributed by atoms with Crippen LogP contribution in [0.15, 0.2) is 22.7 Å². The molecule has 1 fully saturated rings. The number of phenols is 1. The molecule has 1 aliphatic rings. The number of carboxylic acid groups (broad SMARTS) is 1. The van der Waals surface area contributed by atoms with Gasteiger partial charge in [-0.1, -0.05) is 15.9 Å². The van der Waals surface area contributed by atoms with Gasteiger partial charge in [-0.25, -0.2) is 0 Å². The van der Waals surface area contributed by atoms with Crippen molar-refractivity contribution in [3.05, 3.63) is 28.2 Å². The van der Waals surface area contributed by atoms with E-state index in [2.05, 4.69) is 21.2 Å². The van der Waals surface area contributed by atoms with Crippen molar-refractivity contribution in [1.82, 2.24) is 5.32 Å². The Morgan fingerprint density at radius 1 is 1.56 bits per heavy atom. The largest absolute Gasteiger partial charge is 0.508 e. The van der Waals surface area contributed by atoms with Crippen molar-refractivity contribution < 1.29 is 15.0 Å². The van der Waals surface area contributed by atoms with E-state index in [0.29, 0.717) is 11.3 Å². The number of hydrogen-bond acceptors (Lipinski definition) is 4. The summed E-state index contributed by atoms with van der Waals surface area (Å²) in [5.41, 5.74) is 0.711. The molecule has 2 rings (SSSR count). The maximum atomic E-state index is 10.8. The zero-order valence-electron chi connectivity index (χ0n) is 8.18. The van der Waals surface area contributed by atoms with E-state index < -0.39 is 12.0 Å². The average molecular weight is 304 g/mol. The normalized spacial score (nSPS) is 24.6. The van der Waals surface area contributed by atoms with Crippen LogP contribution in [0.5, 0.6) is 5.75 Å². The summed E-state index contributed by atoms with van der Waals surface area (Å²) in [5, 5.41) is 21.3. The lowest BCUT2D eigenvalue weighted by Gasteiger charge is -2.13. The number of rotatable bonds is 2. The second-order valence-electron chi connectivity index (χ2n) is 3.47. The molecule has 1 heterocycles. The van der Waals surface area contributed by atoms with Crippen LogP contribution < -0.4 is 5.32 Å². The first-order valence-corrected chi connectivity index (χ1v) is 6.51. The minimum Gasteiger partial charge on any atom is -0.508 e. The number of aliphatic carboxylic acids is 1. The van der Waals surface area contributed by atoms with Crippen molar-refractivity contribution in [2.24, 2.45) is 0 Å². The van der Waals surface area contributed by atoms with E-state index >= 15 is 0 Å². The summed E-state index contributed by atoms with van der Waals surface area (Å²) < 4.78 is 0.862. The second kappa shape index (κ2) is 4.65. The van der Waals surface area contributed by atoms with Crippen LogP contribution in [0.1, 0.15) is 10.9 Å². The van der Waals surface area contributed by atoms with Gasteiger partial charge in [0.2, 0.25) is 0 Å². The van der Waals surface area contributed by atoms with Gasteiger partial charge in [0.05, 0.1) is 5.37 Å². The number of nitrogens with one attached hydrogen (secondary N) is 1. The molecule has 86 valence electrons. The summed E-state index contributed by atoms with van der Waals surface area (Å²) >= 11 is 4.80. The molecule has 1 aromatic carbocycles. The lowest BCUT2D eigenvalue weighted by atomic mass is 10.2. The van der Waals surface area contributed by atoms with Crippen LogP contribution in [0.4, 0.5) is 0 Å². The molecule has 0 radical (unpaired) electrons. The van der Waals surface area contributed by atoms with E-state index in [1.54, 1.807) is 18.2 Å². The summed E-state index contributed by atoms with van der Waals surface area (Å²) in [5.74, 6) is -0.171. The van der Waals surface area contributed by atoms with Crippen molar-refractivity contribution in [3.8, 4) is 5.75 Å². The van der Waals surface area contributed by atoms with Gasteiger partial charge in [0.15, 0.2) is 0 Å². The molecule has 0 aliphatic carbocycles. The lowest BCUT2D eigenvalue weighted by Crippen LogP contribution is -2.33. The van der Waals surface area contributed by atoms with E-state index in [1.807, 2.05) is 0 Å². The number of benzene rings is 1. The van der Waals surface area contributed by atoms with E-state index in [-0.39, 0.29) is 11.1 Å². The van der Waals surface area contributed by atoms with Crippen LogP contribution in [0.25, 0.3) is 0 Å². The highest BCUT2D eigenvalue weighted by Crippen LogP contribution is 2.38. The number of thioether (sulfide) groups is 1. The van der Waals surface area contributed by atoms with Crippen molar-refractivity contribution >= 4 is 33.7 Å². The maximum absolute atomic E-state index is 10.8. The zero-order chi connectivity index (χ0) is 11.7. The Labute approximate surface area is 105 Å². The number of phenolic OH excluding ortho intramolecular Hbond substituents is 1. The first-order valence-electron chi connectivity index (χ1n) is 4.67. The molecule has 1 aromatic rings. The fraction of sp³-hybridized carbons (Fsp3) is 0.300. The topological polar surface area (TPSA) is 69.6 Å². The maximum Gasteiger partial charge on any atom is 0.321 e. The minimum absolute atomic E-state index is 0.168. The monoisotopic (exact) mass is 303 g/mol. The van der Waals surface area contributed by atoms with Crippen LogP contribution in [0, 0.1) is 0 Å². The van der Waals surface area contributed by atoms with Crippen molar-refractivity contribution in [1.29, 1.82) is 0 Å². The zero-order valence-corrected chi connectivity index (χ0v) is 10.6. The molecule has 0 unspecified atom stereocenters. The van der Waals surface area contributed by atoms with Crippen LogP contribution >= 0.6 is 27.7 Å².